The van der Waals surface area contributed by atoms with Gasteiger partial charge >= 0.3 is 6.03 Å². The highest BCUT2D eigenvalue weighted by molar-refractivity contribution is 5.79. The van der Waals surface area contributed by atoms with E-state index in [-0.39, 0.29) is 23.2 Å². The van der Waals surface area contributed by atoms with Crippen molar-refractivity contribution in [2.75, 3.05) is 39.4 Å². The van der Waals surface area contributed by atoms with Gasteiger partial charge in [-0.15, -0.1) is 0 Å². The van der Waals surface area contributed by atoms with Crippen LogP contribution in [-0.2, 0) is 14.9 Å². The lowest BCUT2D eigenvalue weighted by Crippen LogP contribution is -2.49. The SMILES string of the molecule is O=C1CCN(C(=O)NCC2(c3ccc(F)cc3)CCOCC2)CCN1. The minimum atomic E-state index is -0.267. The van der Waals surface area contributed by atoms with E-state index in [1.54, 1.807) is 17.0 Å². The van der Waals surface area contributed by atoms with E-state index in [9.17, 15) is 14.0 Å². The van der Waals surface area contributed by atoms with Gasteiger partial charge in [0.2, 0.25) is 5.91 Å². The number of carbonyl (C=O) groups excluding carboxylic acids is 2. The molecule has 136 valence electrons. The fourth-order valence-electron chi connectivity index (χ4n) is 3.46. The molecule has 6 nitrogen and oxygen atoms in total. The van der Waals surface area contributed by atoms with E-state index < -0.39 is 0 Å². The first-order valence-corrected chi connectivity index (χ1v) is 8.72. The zero-order chi connectivity index (χ0) is 17.7. The molecule has 0 saturated carbocycles. The largest absolute Gasteiger partial charge is 0.381 e. The average molecular weight is 349 g/mol. The van der Waals surface area contributed by atoms with Crippen LogP contribution in [0.1, 0.15) is 24.8 Å². The van der Waals surface area contributed by atoms with Crippen molar-refractivity contribution in [3.63, 3.8) is 0 Å². The second-order valence-corrected chi connectivity index (χ2v) is 6.65. The Morgan fingerprint density at radius 3 is 2.68 bits per heavy atom. The van der Waals surface area contributed by atoms with Crippen LogP contribution in [0.15, 0.2) is 24.3 Å². The Morgan fingerprint density at radius 2 is 1.96 bits per heavy atom. The number of urea groups is 1. The first kappa shape index (κ1) is 17.7. The topological polar surface area (TPSA) is 70.7 Å². The van der Waals surface area contributed by atoms with Crippen LogP contribution in [0.5, 0.6) is 0 Å². The van der Waals surface area contributed by atoms with Crippen LogP contribution in [0.4, 0.5) is 9.18 Å². The lowest BCUT2D eigenvalue weighted by atomic mass is 9.74. The smallest absolute Gasteiger partial charge is 0.317 e. The predicted molar refractivity (Wildman–Crippen MR) is 90.7 cm³/mol. The number of hydrogen-bond donors (Lipinski definition) is 2. The van der Waals surface area contributed by atoms with Crippen molar-refractivity contribution in [3.05, 3.63) is 35.6 Å². The molecule has 3 amide bonds. The summed E-state index contributed by atoms with van der Waals surface area (Å²) in [4.78, 5) is 25.6. The maximum absolute atomic E-state index is 13.3. The number of ether oxygens (including phenoxy) is 1. The Balaban J connectivity index is 1.67. The van der Waals surface area contributed by atoms with Gasteiger partial charge in [-0.2, -0.15) is 0 Å². The number of carbonyl (C=O) groups is 2. The molecule has 0 atom stereocenters. The summed E-state index contributed by atoms with van der Waals surface area (Å²) in [5.74, 6) is -0.292. The van der Waals surface area contributed by atoms with Crippen LogP contribution < -0.4 is 10.6 Å². The lowest BCUT2D eigenvalue weighted by molar-refractivity contribution is -0.120. The molecule has 2 N–H and O–H groups in total. The summed E-state index contributed by atoms with van der Waals surface area (Å²) in [5.41, 5.74) is 0.770. The zero-order valence-corrected chi connectivity index (χ0v) is 14.2. The van der Waals surface area contributed by atoms with E-state index in [1.807, 2.05) is 0 Å². The lowest BCUT2D eigenvalue weighted by Gasteiger charge is -2.38. The van der Waals surface area contributed by atoms with Gasteiger partial charge in [-0.1, -0.05) is 12.1 Å². The van der Waals surface area contributed by atoms with Crippen LogP contribution >= 0.6 is 0 Å². The molecule has 0 radical (unpaired) electrons. The van der Waals surface area contributed by atoms with Gasteiger partial charge < -0.3 is 20.3 Å². The normalized spacial score (nSPS) is 20.5. The van der Waals surface area contributed by atoms with Gasteiger partial charge in [0.05, 0.1) is 0 Å². The molecule has 0 aromatic heterocycles. The molecule has 2 heterocycles. The van der Waals surface area contributed by atoms with Gasteiger partial charge in [-0.3, -0.25) is 4.79 Å². The van der Waals surface area contributed by atoms with Crippen LogP contribution in [0, 0.1) is 5.82 Å². The highest BCUT2D eigenvalue weighted by Crippen LogP contribution is 2.34. The number of nitrogens with one attached hydrogen (secondary N) is 2. The Kier molecular flexibility index (Phi) is 5.53. The van der Waals surface area contributed by atoms with Gasteiger partial charge in [0.15, 0.2) is 0 Å². The van der Waals surface area contributed by atoms with Crippen molar-refractivity contribution < 1.29 is 18.7 Å². The maximum atomic E-state index is 13.3. The fourth-order valence-corrected chi connectivity index (χ4v) is 3.46. The summed E-state index contributed by atoms with van der Waals surface area (Å²) in [6.45, 7) is 3.11. The number of rotatable bonds is 3. The molecule has 0 unspecified atom stereocenters. The van der Waals surface area contributed by atoms with Crippen molar-refractivity contribution in [2.24, 2.45) is 0 Å². The summed E-state index contributed by atoms with van der Waals surface area (Å²) in [7, 11) is 0. The predicted octanol–water partition coefficient (Wildman–Crippen LogP) is 1.41. The second kappa shape index (κ2) is 7.82. The molecule has 0 bridgehead atoms. The molecule has 1 aromatic rings. The molecule has 25 heavy (non-hydrogen) atoms. The molecular formula is C18H24FN3O3. The third-order valence-corrected chi connectivity index (χ3v) is 5.08. The Bertz CT molecular complexity index is 614. The molecule has 2 aliphatic rings. The summed E-state index contributed by atoms with van der Waals surface area (Å²) < 4.78 is 18.7. The van der Waals surface area contributed by atoms with E-state index in [4.69, 9.17) is 4.74 Å². The monoisotopic (exact) mass is 349 g/mol. The summed E-state index contributed by atoms with van der Waals surface area (Å²) >= 11 is 0. The molecule has 2 saturated heterocycles. The minimum absolute atomic E-state index is 0.0255. The number of hydrogen-bond acceptors (Lipinski definition) is 3. The molecular weight excluding hydrogens is 325 g/mol. The summed E-state index contributed by atoms with van der Waals surface area (Å²) in [6.07, 6.45) is 1.88. The Hall–Kier alpha value is -2.15. The van der Waals surface area contributed by atoms with Gasteiger partial charge in [0, 0.05) is 51.2 Å². The molecule has 3 rings (SSSR count). The van der Waals surface area contributed by atoms with Crippen LogP contribution in [0.3, 0.4) is 0 Å². The minimum Gasteiger partial charge on any atom is -0.381 e. The molecule has 2 fully saturated rings. The fraction of sp³-hybridized carbons (Fsp3) is 0.556. The first-order valence-electron chi connectivity index (χ1n) is 8.72. The molecule has 7 heteroatoms. The number of amides is 3. The van der Waals surface area contributed by atoms with E-state index in [0.29, 0.717) is 45.8 Å². The first-order chi connectivity index (χ1) is 12.1. The van der Waals surface area contributed by atoms with Crippen LogP contribution in [0.2, 0.25) is 0 Å². The van der Waals surface area contributed by atoms with E-state index in [1.165, 1.54) is 12.1 Å². The second-order valence-electron chi connectivity index (χ2n) is 6.65. The van der Waals surface area contributed by atoms with Crippen LogP contribution in [-0.4, -0.2) is 56.2 Å². The van der Waals surface area contributed by atoms with Crippen molar-refractivity contribution in [2.45, 2.75) is 24.7 Å². The van der Waals surface area contributed by atoms with Gasteiger partial charge in [-0.05, 0) is 30.5 Å². The van der Waals surface area contributed by atoms with E-state index in [2.05, 4.69) is 10.6 Å². The standard InChI is InChI=1S/C18H24FN3O3/c19-15-3-1-14(2-4-15)18(6-11-25-12-7-18)13-21-17(24)22-9-5-16(23)20-8-10-22/h1-4H,5-13H2,(H,20,23)(H,21,24). The average Bonchev–Trinajstić information content (AvgIpc) is 2.86. The van der Waals surface area contributed by atoms with E-state index in [0.717, 1.165) is 18.4 Å². The van der Waals surface area contributed by atoms with Crippen molar-refractivity contribution in [3.8, 4) is 0 Å². The quantitative estimate of drug-likeness (QED) is 0.867. The summed E-state index contributed by atoms with van der Waals surface area (Å²) in [6, 6.07) is 6.34. The van der Waals surface area contributed by atoms with Crippen molar-refractivity contribution in [1.82, 2.24) is 15.5 Å². The Morgan fingerprint density at radius 1 is 1.24 bits per heavy atom. The molecule has 1 aromatic carbocycles. The third kappa shape index (κ3) is 4.28. The number of benzene rings is 1. The third-order valence-electron chi connectivity index (χ3n) is 5.08. The van der Waals surface area contributed by atoms with Gasteiger partial charge in [0.25, 0.3) is 0 Å². The summed E-state index contributed by atoms with van der Waals surface area (Å²) in [5, 5.41) is 5.78. The highest BCUT2D eigenvalue weighted by Gasteiger charge is 2.35. The number of halogens is 1. The highest BCUT2D eigenvalue weighted by atomic mass is 19.1. The maximum Gasteiger partial charge on any atom is 0.317 e. The van der Waals surface area contributed by atoms with Crippen molar-refractivity contribution >= 4 is 11.9 Å². The zero-order valence-electron chi connectivity index (χ0n) is 14.2. The van der Waals surface area contributed by atoms with E-state index >= 15 is 0 Å². The van der Waals surface area contributed by atoms with Gasteiger partial charge in [0.1, 0.15) is 5.82 Å². The number of nitrogens with zero attached hydrogens (tertiary/aromatic N) is 1. The molecule has 0 aliphatic carbocycles. The molecule has 2 aliphatic heterocycles. The van der Waals surface area contributed by atoms with Gasteiger partial charge in [-0.25, -0.2) is 9.18 Å². The van der Waals surface area contributed by atoms with Crippen molar-refractivity contribution in [1.29, 1.82) is 0 Å². The molecule has 0 spiro atoms. The van der Waals surface area contributed by atoms with Crippen LogP contribution in [0.25, 0.3) is 0 Å². The Labute approximate surface area is 146 Å².